The molecule has 1 aromatic heterocycles. The van der Waals surface area contributed by atoms with Crippen molar-refractivity contribution in [2.24, 2.45) is 7.05 Å². The molecule has 6 nitrogen and oxygen atoms in total. The highest BCUT2D eigenvalue weighted by atomic mass is 79.9. The molecule has 102 valence electrons. The Morgan fingerprint density at radius 3 is 2.42 bits per heavy atom. The molecular weight excluding hydrogens is 332 g/mol. The minimum atomic E-state index is -3.67. The summed E-state index contributed by atoms with van der Waals surface area (Å²) in [6.07, 6.45) is 1.39. The third-order valence-electron chi connectivity index (χ3n) is 2.54. The van der Waals surface area contributed by atoms with Gasteiger partial charge in [-0.15, -0.1) is 5.10 Å². The molecule has 0 unspecified atom stereocenters. The largest absolute Gasteiger partial charge is 0.285 e. The Labute approximate surface area is 120 Å². The average molecular weight is 345 g/mol. The molecule has 0 saturated carbocycles. The van der Waals surface area contributed by atoms with Crippen molar-refractivity contribution in [3.63, 3.8) is 0 Å². The van der Waals surface area contributed by atoms with E-state index in [1.54, 1.807) is 38.2 Å². The molecule has 0 fully saturated rings. The van der Waals surface area contributed by atoms with Crippen LogP contribution in [0.15, 0.2) is 40.0 Å². The Kier molecular flexibility index (Phi) is 3.91. The average Bonchev–Trinajstić information content (AvgIpc) is 2.80. The standard InChI is InChI=1S/C11H13BrN4O2S/c1-3-16(10-6-4-9(12)5-7-10)19(17,18)11-8-15(2)14-13-11/h4-8H,3H2,1-2H3. The fraction of sp³-hybridized carbons (Fsp3) is 0.273. The van der Waals surface area contributed by atoms with Crippen LogP contribution in [-0.4, -0.2) is 30.0 Å². The van der Waals surface area contributed by atoms with Gasteiger partial charge in [0.25, 0.3) is 10.0 Å². The normalized spacial score (nSPS) is 11.5. The smallest absolute Gasteiger partial charge is 0.265 e. The molecule has 0 aliphatic rings. The van der Waals surface area contributed by atoms with E-state index >= 15 is 0 Å². The molecule has 0 aliphatic carbocycles. The summed E-state index contributed by atoms with van der Waals surface area (Å²) in [5, 5.41) is 7.28. The number of hydrogen-bond acceptors (Lipinski definition) is 4. The van der Waals surface area contributed by atoms with Gasteiger partial charge in [-0.1, -0.05) is 21.1 Å². The second-order valence-electron chi connectivity index (χ2n) is 3.88. The second kappa shape index (κ2) is 5.30. The van der Waals surface area contributed by atoms with E-state index < -0.39 is 10.0 Å². The molecule has 0 atom stereocenters. The van der Waals surface area contributed by atoms with Crippen LogP contribution in [0.5, 0.6) is 0 Å². The summed E-state index contributed by atoms with van der Waals surface area (Å²) < 4.78 is 28.5. The van der Waals surface area contributed by atoms with Gasteiger partial charge in [0.1, 0.15) is 0 Å². The topological polar surface area (TPSA) is 68.1 Å². The van der Waals surface area contributed by atoms with Gasteiger partial charge >= 0.3 is 0 Å². The zero-order valence-electron chi connectivity index (χ0n) is 10.5. The lowest BCUT2D eigenvalue weighted by Gasteiger charge is -2.21. The quantitative estimate of drug-likeness (QED) is 0.847. The fourth-order valence-electron chi connectivity index (χ4n) is 1.66. The number of aromatic nitrogens is 3. The van der Waals surface area contributed by atoms with Crippen LogP contribution in [0.25, 0.3) is 0 Å². The lowest BCUT2D eigenvalue weighted by molar-refractivity contribution is 0.587. The minimum absolute atomic E-state index is 0.0558. The molecule has 0 N–H and O–H groups in total. The van der Waals surface area contributed by atoms with E-state index in [2.05, 4.69) is 26.2 Å². The predicted molar refractivity (Wildman–Crippen MR) is 75.4 cm³/mol. The Hall–Kier alpha value is -1.41. The summed E-state index contributed by atoms with van der Waals surface area (Å²) in [4.78, 5) is 0. The number of hydrogen-bond donors (Lipinski definition) is 0. The van der Waals surface area contributed by atoms with Gasteiger partial charge in [0.05, 0.1) is 11.9 Å². The first kappa shape index (κ1) is 14.0. The third kappa shape index (κ3) is 2.79. The number of anilines is 1. The Balaban J connectivity index is 2.44. The maximum Gasteiger partial charge on any atom is 0.285 e. The monoisotopic (exact) mass is 344 g/mol. The van der Waals surface area contributed by atoms with Gasteiger partial charge in [-0.05, 0) is 31.2 Å². The third-order valence-corrected chi connectivity index (χ3v) is 4.83. The predicted octanol–water partition coefficient (Wildman–Crippen LogP) is 1.79. The minimum Gasteiger partial charge on any atom is -0.265 e. The van der Waals surface area contributed by atoms with Crippen molar-refractivity contribution in [2.75, 3.05) is 10.8 Å². The highest BCUT2D eigenvalue weighted by Crippen LogP contribution is 2.23. The molecule has 0 spiro atoms. The van der Waals surface area contributed by atoms with Gasteiger partial charge in [-0.3, -0.25) is 8.99 Å². The molecule has 1 aromatic carbocycles. The summed E-state index contributed by atoms with van der Waals surface area (Å²) in [6.45, 7) is 2.09. The molecule has 19 heavy (non-hydrogen) atoms. The molecule has 0 aliphatic heterocycles. The van der Waals surface area contributed by atoms with E-state index in [1.807, 2.05) is 0 Å². The molecule has 0 radical (unpaired) electrons. The van der Waals surface area contributed by atoms with Crippen LogP contribution in [0.3, 0.4) is 0 Å². The van der Waals surface area contributed by atoms with Crippen LogP contribution < -0.4 is 4.31 Å². The van der Waals surface area contributed by atoms with Gasteiger partial charge in [-0.2, -0.15) is 8.42 Å². The van der Waals surface area contributed by atoms with Gasteiger partial charge in [-0.25, -0.2) is 0 Å². The summed E-state index contributed by atoms with van der Waals surface area (Å²) in [7, 11) is -2.05. The first-order valence-corrected chi connectivity index (χ1v) is 7.83. The van der Waals surface area contributed by atoms with Crippen molar-refractivity contribution < 1.29 is 8.42 Å². The first-order chi connectivity index (χ1) is 8.95. The van der Waals surface area contributed by atoms with E-state index in [1.165, 1.54) is 15.2 Å². The molecule has 2 aromatic rings. The van der Waals surface area contributed by atoms with Crippen molar-refractivity contribution in [3.05, 3.63) is 34.9 Å². The Bertz CT molecular complexity index is 666. The van der Waals surface area contributed by atoms with Crippen molar-refractivity contribution in [1.29, 1.82) is 0 Å². The first-order valence-electron chi connectivity index (χ1n) is 5.60. The van der Waals surface area contributed by atoms with E-state index in [0.29, 0.717) is 12.2 Å². The van der Waals surface area contributed by atoms with Gasteiger partial charge in [0.2, 0.25) is 5.03 Å². The highest BCUT2D eigenvalue weighted by Gasteiger charge is 2.26. The van der Waals surface area contributed by atoms with Crippen LogP contribution in [-0.2, 0) is 17.1 Å². The molecular formula is C11H13BrN4O2S. The second-order valence-corrected chi connectivity index (χ2v) is 6.60. The summed E-state index contributed by atoms with van der Waals surface area (Å²) in [6, 6.07) is 7.07. The number of halogens is 1. The van der Waals surface area contributed by atoms with Crippen LogP contribution >= 0.6 is 15.9 Å². The van der Waals surface area contributed by atoms with E-state index in [4.69, 9.17) is 0 Å². The Morgan fingerprint density at radius 2 is 1.95 bits per heavy atom. The summed E-state index contributed by atoms with van der Waals surface area (Å²) >= 11 is 3.32. The van der Waals surface area contributed by atoms with Crippen LogP contribution in [0.4, 0.5) is 5.69 Å². The molecule has 2 rings (SSSR count). The maximum absolute atomic E-state index is 12.5. The number of aryl methyl sites for hydroxylation is 1. The maximum atomic E-state index is 12.5. The van der Waals surface area contributed by atoms with Gasteiger partial charge in [0, 0.05) is 18.1 Å². The zero-order chi connectivity index (χ0) is 14.0. The summed E-state index contributed by atoms with van der Waals surface area (Å²) in [5.74, 6) is 0. The van der Waals surface area contributed by atoms with Crippen molar-refractivity contribution in [3.8, 4) is 0 Å². The SMILES string of the molecule is CCN(c1ccc(Br)cc1)S(=O)(=O)c1cn(C)nn1. The number of sulfonamides is 1. The molecule has 8 heteroatoms. The van der Waals surface area contributed by atoms with Crippen molar-refractivity contribution in [1.82, 2.24) is 15.0 Å². The van der Waals surface area contributed by atoms with E-state index in [-0.39, 0.29) is 5.03 Å². The Morgan fingerprint density at radius 1 is 1.32 bits per heavy atom. The molecule has 0 saturated heterocycles. The molecule has 0 bridgehead atoms. The van der Waals surface area contributed by atoms with Crippen LogP contribution in [0.2, 0.25) is 0 Å². The van der Waals surface area contributed by atoms with Gasteiger partial charge < -0.3 is 0 Å². The lowest BCUT2D eigenvalue weighted by Crippen LogP contribution is -2.31. The number of benzene rings is 1. The van der Waals surface area contributed by atoms with E-state index in [0.717, 1.165) is 4.47 Å². The number of nitrogens with zero attached hydrogens (tertiary/aromatic N) is 4. The van der Waals surface area contributed by atoms with Crippen molar-refractivity contribution >= 4 is 31.6 Å². The van der Waals surface area contributed by atoms with Crippen LogP contribution in [0.1, 0.15) is 6.92 Å². The van der Waals surface area contributed by atoms with E-state index in [9.17, 15) is 8.42 Å². The number of rotatable bonds is 4. The van der Waals surface area contributed by atoms with Crippen molar-refractivity contribution in [2.45, 2.75) is 11.9 Å². The lowest BCUT2D eigenvalue weighted by atomic mass is 10.3. The van der Waals surface area contributed by atoms with Crippen LogP contribution in [0, 0.1) is 0 Å². The molecule has 1 heterocycles. The van der Waals surface area contributed by atoms with Gasteiger partial charge in [0.15, 0.2) is 0 Å². The summed E-state index contributed by atoms with van der Waals surface area (Å²) in [5.41, 5.74) is 0.594. The highest BCUT2D eigenvalue weighted by molar-refractivity contribution is 9.10. The fourth-order valence-corrected chi connectivity index (χ4v) is 3.31. The molecule has 0 amide bonds. The zero-order valence-corrected chi connectivity index (χ0v) is 12.9.